The summed E-state index contributed by atoms with van der Waals surface area (Å²) in [7, 11) is 0. The van der Waals surface area contributed by atoms with Crippen LogP contribution in [0.25, 0.3) is 0 Å². The first-order valence-corrected chi connectivity index (χ1v) is 7.35. The van der Waals surface area contributed by atoms with Crippen molar-refractivity contribution in [3.63, 3.8) is 0 Å². The molecule has 0 bridgehead atoms. The maximum atomic E-state index is 5.93. The molecular weight excluding hydrogens is 287 g/mol. The van der Waals surface area contributed by atoms with E-state index in [1.807, 2.05) is 0 Å². The van der Waals surface area contributed by atoms with E-state index in [0.717, 1.165) is 10.5 Å². The van der Waals surface area contributed by atoms with Gasteiger partial charge in [0.15, 0.2) is 0 Å². The van der Waals surface area contributed by atoms with Gasteiger partial charge < -0.3 is 4.74 Å². The zero-order chi connectivity index (χ0) is 10.2. The van der Waals surface area contributed by atoms with E-state index in [2.05, 4.69) is 29.5 Å². The summed E-state index contributed by atoms with van der Waals surface area (Å²) >= 11 is 2.56. The summed E-state index contributed by atoms with van der Waals surface area (Å²) < 4.78 is 6.71. The van der Waals surface area contributed by atoms with Crippen molar-refractivity contribution >= 4 is 22.6 Å². The number of unbranched alkanes of at least 4 members (excludes halogenated alkanes) is 3. The predicted molar refractivity (Wildman–Crippen MR) is 70.2 cm³/mol. The van der Waals surface area contributed by atoms with E-state index in [4.69, 9.17) is 4.74 Å². The lowest BCUT2D eigenvalue weighted by Gasteiger charge is -2.27. The van der Waals surface area contributed by atoms with Crippen molar-refractivity contribution in [3.05, 3.63) is 0 Å². The van der Waals surface area contributed by atoms with Gasteiger partial charge in [-0.3, -0.25) is 0 Å². The summed E-state index contributed by atoms with van der Waals surface area (Å²) in [6.45, 7) is 3.24. The first-order valence-electron chi connectivity index (χ1n) is 6.10. The molecule has 0 saturated heterocycles. The number of halogens is 1. The molecule has 0 radical (unpaired) electrons. The van der Waals surface area contributed by atoms with E-state index in [1.54, 1.807) is 0 Å². The molecule has 1 rings (SSSR count). The smallest absolute Gasteiger partial charge is 0.0692 e. The van der Waals surface area contributed by atoms with Gasteiger partial charge >= 0.3 is 0 Å². The average molecular weight is 310 g/mol. The first-order chi connectivity index (χ1) is 6.84. The van der Waals surface area contributed by atoms with Crippen LogP contribution in [-0.4, -0.2) is 16.6 Å². The maximum absolute atomic E-state index is 5.93. The van der Waals surface area contributed by atoms with Gasteiger partial charge in [0.25, 0.3) is 0 Å². The summed E-state index contributed by atoms with van der Waals surface area (Å²) in [6.07, 6.45) is 11.3. The Morgan fingerprint density at radius 1 is 1.14 bits per heavy atom. The standard InChI is InChI=1S/C12H23IO/c1-2-3-4-7-10-14-12-9-6-5-8-11(12)13/h11-12H,2-10H2,1H3. The van der Waals surface area contributed by atoms with Crippen molar-refractivity contribution in [1.82, 2.24) is 0 Å². The lowest BCUT2D eigenvalue weighted by molar-refractivity contribution is 0.0341. The van der Waals surface area contributed by atoms with E-state index in [1.165, 1.54) is 51.4 Å². The van der Waals surface area contributed by atoms with Crippen molar-refractivity contribution in [1.29, 1.82) is 0 Å². The van der Waals surface area contributed by atoms with Crippen molar-refractivity contribution in [2.75, 3.05) is 6.61 Å². The van der Waals surface area contributed by atoms with Gasteiger partial charge in [0.1, 0.15) is 0 Å². The molecule has 0 aliphatic heterocycles. The monoisotopic (exact) mass is 310 g/mol. The Labute approximate surface area is 102 Å². The van der Waals surface area contributed by atoms with Crippen LogP contribution in [0.3, 0.4) is 0 Å². The molecule has 0 spiro atoms. The second kappa shape index (κ2) is 7.91. The van der Waals surface area contributed by atoms with E-state index >= 15 is 0 Å². The van der Waals surface area contributed by atoms with Gasteiger partial charge in [-0.05, 0) is 19.3 Å². The van der Waals surface area contributed by atoms with Crippen LogP contribution in [0.2, 0.25) is 0 Å². The van der Waals surface area contributed by atoms with Gasteiger partial charge in [-0.2, -0.15) is 0 Å². The van der Waals surface area contributed by atoms with Crippen LogP contribution in [0, 0.1) is 0 Å². The Kier molecular flexibility index (Phi) is 7.21. The van der Waals surface area contributed by atoms with Crippen molar-refractivity contribution in [2.24, 2.45) is 0 Å². The molecule has 14 heavy (non-hydrogen) atoms. The second-order valence-corrected chi connectivity index (χ2v) is 5.87. The number of alkyl halides is 1. The minimum Gasteiger partial charge on any atom is -0.377 e. The molecule has 1 fully saturated rings. The van der Waals surface area contributed by atoms with Gasteiger partial charge in [0.05, 0.1) is 6.10 Å². The SMILES string of the molecule is CCCCCCOC1CCCCC1I. The Hall–Kier alpha value is 0.690. The van der Waals surface area contributed by atoms with Crippen molar-refractivity contribution < 1.29 is 4.74 Å². The third kappa shape index (κ3) is 4.96. The van der Waals surface area contributed by atoms with Gasteiger partial charge in [-0.1, -0.05) is 61.6 Å². The Morgan fingerprint density at radius 2 is 1.93 bits per heavy atom. The van der Waals surface area contributed by atoms with Crippen molar-refractivity contribution in [2.45, 2.75) is 68.3 Å². The van der Waals surface area contributed by atoms with E-state index in [0.29, 0.717) is 6.10 Å². The molecular formula is C12H23IO. The van der Waals surface area contributed by atoms with Gasteiger partial charge in [-0.25, -0.2) is 0 Å². The molecule has 0 amide bonds. The zero-order valence-electron chi connectivity index (χ0n) is 9.30. The quantitative estimate of drug-likeness (QED) is 0.403. The zero-order valence-corrected chi connectivity index (χ0v) is 11.5. The minimum atomic E-state index is 0.561. The van der Waals surface area contributed by atoms with Crippen LogP contribution in [0.1, 0.15) is 58.3 Å². The minimum absolute atomic E-state index is 0.561. The lowest BCUT2D eigenvalue weighted by atomic mass is 9.98. The maximum Gasteiger partial charge on any atom is 0.0692 e. The van der Waals surface area contributed by atoms with Crippen LogP contribution in [0.15, 0.2) is 0 Å². The summed E-state index contributed by atoms with van der Waals surface area (Å²) in [4.78, 5) is 0. The average Bonchev–Trinajstić information content (AvgIpc) is 2.20. The normalized spacial score (nSPS) is 27.9. The lowest BCUT2D eigenvalue weighted by Crippen LogP contribution is -2.28. The highest BCUT2D eigenvalue weighted by atomic mass is 127. The molecule has 1 nitrogen and oxygen atoms in total. The summed E-state index contributed by atoms with van der Waals surface area (Å²) in [5, 5.41) is 0. The van der Waals surface area contributed by atoms with Crippen LogP contribution < -0.4 is 0 Å². The highest BCUT2D eigenvalue weighted by Gasteiger charge is 2.22. The number of rotatable bonds is 6. The molecule has 1 aliphatic carbocycles. The number of ether oxygens (including phenoxy) is 1. The van der Waals surface area contributed by atoms with E-state index < -0.39 is 0 Å². The fourth-order valence-corrected chi connectivity index (χ4v) is 3.01. The van der Waals surface area contributed by atoms with Crippen LogP contribution >= 0.6 is 22.6 Å². The van der Waals surface area contributed by atoms with E-state index in [-0.39, 0.29) is 0 Å². The second-order valence-electron chi connectivity index (χ2n) is 4.27. The largest absolute Gasteiger partial charge is 0.377 e. The predicted octanol–water partition coefficient (Wildman–Crippen LogP) is 4.33. The third-order valence-electron chi connectivity index (χ3n) is 2.95. The van der Waals surface area contributed by atoms with Crippen molar-refractivity contribution in [3.8, 4) is 0 Å². The summed E-state index contributed by atoms with van der Waals surface area (Å²) in [5.74, 6) is 0. The molecule has 0 heterocycles. The van der Waals surface area contributed by atoms with E-state index in [9.17, 15) is 0 Å². The summed E-state index contributed by atoms with van der Waals surface area (Å²) in [6, 6.07) is 0. The summed E-state index contributed by atoms with van der Waals surface area (Å²) in [5.41, 5.74) is 0. The van der Waals surface area contributed by atoms with Crippen LogP contribution in [0.5, 0.6) is 0 Å². The molecule has 1 aliphatic rings. The van der Waals surface area contributed by atoms with Gasteiger partial charge in [0, 0.05) is 10.5 Å². The Bertz CT molecular complexity index is 138. The molecule has 84 valence electrons. The molecule has 1 saturated carbocycles. The molecule has 0 aromatic carbocycles. The van der Waals surface area contributed by atoms with Crippen LogP contribution in [-0.2, 0) is 4.74 Å². The number of hydrogen-bond donors (Lipinski definition) is 0. The molecule has 0 N–H and O–H groups in total. The van der Waals surface area contributed by atoms with Gasteiger partial charge in [0.2, 0.25) is 0 Å². The van der Waals surface area contributed by atoms with Gasteiger partial charge in [-0.15, -0.1) is 0 Å². The fourth-order valence-electron chi connectivity index (χ4n) is 2.00. The fraction of sp³-hybridized carbons (Fsp3) is 1.00. The highest BCUT2D eigenvalue weighted by molar-refractivity contribution is 14.1. The van der Waals surface area contributed by atoms with Crippen LogP contribution in [0.4, 0.5) is 0 Å². The highest BCUT2D eigenvalue weighted by Crippen LogP contribution is 2.27. The molecule has 2 heteroatoms. The Balaban J connectivity index is 1.99. The molecule has 0 aromatic heterocycles. The molecule has 2 unspecified atom stereocenters. The topological polar surface area (TPSA) is 9.23 Å². The first kappa shape index (κ1) is 12.8. The Morgan fingerprint density at radius 3 is 2.64 bits per heavy atom. The number of hydrogen-bond acceptors (Lipinski definition) is 1. The molecule has 2 atom stereocenters. The third-order valence-corrected chi connectivity index (χ3v) is 4.38. The molecule has 0 aromatic rings.